The summed E-state index contributed by atoms with van der Waals surface area (Å²) in [4.78, 5) is 10.4. The zero-order chi connectivity index (χ0) is 10.0. The molecule has 0 aliphatic carbocycles. The zero-order valence-corrected chi connectivity index (χ0v) is 9.24. The molecule has 66 valence electrons. The van der Waals surface area contributed by atoms with Crippen molar-refractivity contribution >= 4 is 40.9 Å². The second-order valence-corrected chi connectivity index (χ2v) is 3.87. The Morgan fingerprint density at radius 3 is 2.69 bits per heavy atom. The summed E-state index contributed by atoms with van der Waals surface area (Å²) in [6, 6.07) is 4.66. The maximum atomic E-state index is 10.5. The molecule has 0 spiro atoms. The zero-order valence-electron chi connectivity index (χ0n) is 6.19. The van der Waals surface area contributed by atoms with E-state index in [4.69, 9.17) is 5.26 Å². The van der Waals surface area contributed by atoms with Crippen LogP contribution in [-0.4, -0.2) is 4.92 Å². The van der Waals surface area contributed by atoms with Crippen molar-refractivity contribution in [1.29, 1.82) is 5.26 Å². The van der Waals surface area contributed by atoms with Gasteiger partial charge in [0.25, 0.3) is 5.69 Å². The molecule has 1 aromatic rings. The monoisotopic (exact) mass is 306 g/mol. The predicted octanol–water partition coefficient (Wildman–Crippen LogP) is 2.36. The van der Waals surface area contributed by atoms with Crippen LogP contribution in [0.3, 0.4) is 0 Å². The van der Waals surface area contributed by atoms with Gasteiger partial charge in [0.1, 0.15) is 11.6 Å². The van der Waals surface area contributed by atoms with E-state index in [1.54, 1.807) is 12.1 Å². The smallest absolute Gasteiger partial charge is 0.258 e. The molecule has 0 radical (unpaired) electrons. The van der Waals surface area contributed by atoms with Crippen molar-refractivity contribution < 1.29 is 4.92 Å². The van der Waals surface area contributed by atoms with Gasteiger partial charge in [0.2, 0.25) is 0 Å². The fraction of sp³-hybridized carbons (Fsp3) is 0. The highest BCUT2D eigenvalue weighted by Gasteiger charge is 2.17. The normalized spacial score (nSPS) is 9.31. The summed E-state index contributed by atoms with van der Waals surface area (Å²) in [5, 5.41) is 19.2. The Bertz CT molecular complexity index is 414. The van der Waals surface area contributed by atoms with Gasteiger partial charge in [0.15, 0.2) is 0 Å². The first-order chi connectivity index (χ1) is 6.06. The van der Waals surface area contributed by atoms with E-state index < -0.39 is 4.92 Å². The molecular formula is C7H3IN2O2S. The van der Waals surface area contributed by atoms with E-state index in [1.807, 2.05) is 22.6 Å². The molecule has 0 N–H and O–H groups in total. The van der Waals surface area contributed by atoms with E-state index in [0.29, 0.717) is 8.47 Å². The van der Waals surface area contributed by atoms with Crippen LogP contribution in [0.25, 0.3) is 0 Å². The Hall–Kier alpha value is -0.810. The van der Waals surface area contributed by atoms with Gasteiger partial charge in [-0.3, -0.25) is 10.1 Å². The number of hydrogen-bond donors (Lipinski definition) is 1. The standard InChI is InChI=1S/C7H3IN2O2S/c8-6-1-4(13)2-7(10(11)12)5(6)3-9/h1-2,13H. The number of rotatable bonds is 1. The number of hydrogen-bond acceptors (Lipinski definition) is 4. The molecule has 4 nitrogen and oxygen atoms in total. The van der Waals surface area contributed by atoms with E-state index in [0.717, 1.165) is 0 Å². The number of benzene rings is 1. The van der Waals surface area contributed by atoms with E-state index in [-0.39, 0.29) is 11.3 Å². The van der Waals surface area contributed by atoms with Gasteiger partial charge in [0, 0.05) is 14.5 Å². The first kappa shape index (κ1) is 10.3. The van der Waals surface area contributed by atoms with Crippen molar-refractivity contribution in [1.82, 2.24) is 0 Å². The summed E-state index contributed by atoms with van der Waals surface area (Å²) in [6.45, 7) is 0. The van der Waals surface area contributed by atoms with Crippen LogP contribution in [0.2, 0.25) is 0 Å². The first-order valence-electron chi connectivity index (χ1n) is 3.13. The lowest BCUT2D eigenvalue weighted by molar-refractivity contribution is -0.385. The van der Waals surface area contributed by atoms with E-state index in [9.17, 15) is 10.1 Å². The molecule has 0 aliphatic heterocycles. The van der Waals surface area contributed by atoms with Gasteiger partial charge in [-0.1, -0.05) is 0 Å². The Morgan fingerprint density at radius 1 is 1.62 bits per heavy atom. The Kier molecular flexibility index (Phi) is 3.11. The second-order valence-electron chi connectivity index (χ2n) is 2.19. The summed E-state index contributed by atoms with van der Waals surface area (Å²) >= 11 is 5.86. The molecule has 0 heterocycles. The highest BCUT2D eigenvalue weighted by molar-refractivity contribution is 14.1. The average Bonchev–Trinajstić information content (AvgIpc) is 2.02. The van der Waals surface area contributed by atoms with Crippen LogP contribution in [0.1, 0.15) is 5.56 Å². The van der Waals surface area contributed by atoms with E-state index >= 15 is 0 Å². The van der Waals surface area contributed by atoms with Gasteiger partial charge in [-0.05, 0) is 28.7 Å². The van der Waals surface area contributed by atoms with Gasteiger partial charge in [-0.2, -0.15) is 5.26 Å². The summed E-state index contributed by atoms with van der Waals surface area (Å²) in [6.07, 6.45) is 0. The molecule has 0 aromatic heterocycles. The minimum Gasteiger partial charge on any atom is -0.258 e. The maximum Gasteiger partial charge on any atom is 0.289 e. The Labute approximate surface area is 93.3 Å². The molecule has 0 saturated carbocycles. The lowest BCUT2D eigenvalue weighted by Gasteiger charge is -1.98. The van der Waals surface area contributed by atoms with Crippen LogP contribution in [0.4, 0.5) is 5.69 Å². The fourth-order valence-electron chi connectivity index (χ4n) is 0.833. The van der Waals surface area contributed by atoms with Crippen LogP contribution in [0, 0.1) is 25.0 Å². The van der Waals surface area contributed by atoms with Crippen molar-refractivity contribution in [2.24, 2.45) is 0 Å². The first-order valence-corrected chi connectivity index (χ1v) is 4.66. The van der Waals surface area contributed by atoms with Crippen molar-refractivity contribution in [3.05, 3.63) is 31.4 Å². The van der Waals surface area contributed by atoms with Crippen LogP contribution in [-0.2, 0) is 0 Å². The van der Waals surface area contributed by atoms with Gasteiger partial charge < -0.3 is 0 Å². The molecular weight excluding hydrogens is 303 g/mol. The highest BCUT2D eigenvalue weighted by Crippen LogP contribution is 2.26. The molecule has 0 bridgehead atoms. The molecule has 0 unspecified atom stereocenters. The van der Waals surface area contributed by atoms with Gasteiger partial charge in [-0.25, -0.2) is 0 Å². The number of nitriles is 1. The highest BCUT2D eigenvalue weighted by atomic mass is 127. The van der Waals surface area contributed by atoms with Crippen LogP contribution < -0.4 is 0 Å². The largest absolute Gasteiger partial charge is 0.289 e. The van der Waals surface area contributed by atoms with E-state index in [2.05, 4.69) is 12.6 Å². The minimum absolute atomic E-state index is 0.0865. The van der Waals surface area contributed by atoms with E-state index in [1.165, 1.54) is 6.07 Å². The number of nitrogens with zero attached hydrogens (tertiary/aromatic N) is 2. The Balaban J connectivity index is 3.50. The molecule has 0 atom stereocenters. The lowest BCUT2D eigenvalue weighted by atomic mass is 10.2. The summed E-state index contributed by atoms with van der Waals surface area (Å²) < 4.78 is 0.541. The van der Waals surface area contributed by atoms with Crippen molar-refractivity contribution in [3.8, 4) is 6.07 Å². The lowest BCUT2D eigenvalue weighted by Crippen LogP contribution is -1.94. The molecule has 6 heteroatoms. The number of nitro benzene ring substituents is 1. The molecule has 0 amide bonds. The molecule has 0 fully saturated rings. The second kappa shape index (κ2) is 3.93. The number of halogens is 1. The number of thiol groups is 1. The topological polar surface area (TPSA) is 66.9 Å². The van der Waals surface area contributed by atoms with Crippen molar-refractivity contribution in [2.45, 2.75) is 4.90 Å². The minimum atomic E-state index is -0.583. The van der Waals surface area contributed by atoms with Crippen molar-refractivity contribution in [3.63, 3.8) is 0 Å². The van der Waals surface area contributed by atoms with Gasteiger partial charge >= 0.3 is 0 Å². The average molecular weight is 306 g/mol. The van der Waals surface area contributed by atoms with Gasteiger partial charge in [0.05, 0.1) is 4.92 Å². The Morgan fingerprint density at radius 2 is 2.23 bits per heavy atom. The SMILES string of the molecule is N#Cc1c(I)cc(S)cc1[N+](=O)[O-]. The summed E-state index contributed by atoms with van der Waals surface area (Å²) in [7, 11) is 0. The van der Waals surface area contributed by atoms with Crippen LogP contribution >= 0.6 is 35.2 Å². The quantitative estimate of drug-likeness (QED) is 0.375. The van der Waals surface area contributed by atoms with Crippen LogP contribution in [0.15, 0.2) is 17.0 Å². The van der Waals surface area contributed by atoms with Crippen LogP contribution in [0.5, 0.6) is 0 Å². The molecule has 1 rings (SSSR count). The molecule has 1 aromatic carbocycles. The predicted molar refractivity (Wildman–Crippen MR) is 57.8 cm³/mol. The number of nitro groups is 1. The molecule has 0 saturated heterocycles. The molecule has 13 heavy (non-hydrogen) atoms. The van der Waals surface area contributed by atoms with Crippen molar-refractivity contribution in [2.75, 3.05) is 0 Å². The third-order valence-corrected chi connectivity index (χ3v) is 2.47. The fourth-order valence-corrected chi connectivity index (χ4v) is 2.06. The maximum absolute atomic E-state index is 10.5. The van der Waals surface area contributed by atoms with Gasteiger partial charge in [-0.15, -0.1) is 12.6 Å². The third-order valence-electron chi connectivity index (χ3n) is 1.36. The molecule has 0 aliphatic rings. The summed E-state index contributed by atoms with van der Waals surface area (Å²) in [5.41, 5.74) is -0.109. The summed E-state index contributed by atoms with van der Waals surface area (Å²) in [5.74, 6) is 0. The third kappa shape index (κ3) is 2.10.